The van der Waals surface area contributed by atoms with Crippen molar-refractivity contribution in [3.63, 3.8) is 0 Å². The van der Waals surface area contributed by atoms with Gasteiger partial charge in [-0.25, -0.2) is 0 Å². The van der Waals surface area contributed by atoms with Crippen molar-refractivity contribution in [2.75, 3.05) is 0 Å². The van der Waals surface area contributed by atoms with Crippen molar-refractivity contribution in [2.24, 2.45) is 0 Å². The second kappa shape index (κ2) is 5.69. The van der Waals surface area contributed by atoms with Crippen LogP contribution in [0.1, 0.15) is 11.1 Å². The monoisotopic (exact) mass is 260 g/mol. The Bertz CT molecular complexity index is 550. The van der Waals surface area contributed by atoms with Crippen molar-refractivity contribution in [3.8, 4) is 5.75 Å². The Morgan fingerprint density at radius 3 is 2.56 bits per heavy atom. The first-order valence-corrected chi connectivity index (χ1v) is 6.04. The van der Waals surface area contributed by atoms with E-state index in [0.717, 1.165) is 11.1 Å². The number of ether oxygens (including phenoxy) is 1. The lowest BCUT2D eigenvalue weighted by Gasteiger charge is -2.06. The quantitative estimate of drug-likeness (QED) is 0.620. The molecular weight excluding hydrogens is 248 g/mol. The summed E-state index contributed by atoms with van der Waals surface area (Å²) in [5.41, 5.74) is 1.83. The van der Waals surface area contributed by atoms with E-state index in [4.69, 9.17) is 16.3 Å². The molecule has 0 unspecified atom stereocenters. The number of benzene rings is 2. The molecule has 2 rings (SSSR count). The van der Waals surface area contributed by atoms with Crippen LogP contribution in [0.25, 0.3) is 0 Å². The summed E-state index contributed by atoms with van der Waals surface area (Å²) in [5.74, 6) is 0.251. The summed E-state index contributed by atoms with van der Waals surface area (Å²) in [6.07, 6.45) is 0.266. The zero-order valence-corrected chi connectivity index (χ0v) is 10.8. The van der Waals surface area contributed by atoms with Crippen LogP contribution in [0.2, 0.25) is 5.02 Å². The van der Waals surface area contributed by atoms with Crippen molar-refractivity contribution in [3.05, 3.63) is 64.7 Å². The third kappa shape index (κ3) is 3.34. The van der Waals surface area contributed by atoms with Gasteiger partial charge in [-0.2, -0.15) is 0 Å². The Balaban J connectivity index is 2.01. The summed E-state index contributed by atoms with van der Waals surface area (Å²) in [4.78, 5) is 11.7. The van der Waals surface area contributed by atoms with E-state index in [0.29, 0.717) is 10.8 Å². The largest absolute Gasteiger partial charge is 0.426 e. The van der Waals surface area contributed by atoms with Crippen LogP contribution in [0.15, 0.2) is 48.5 Å². The summed E-state index contributed by atoms with van der Waals surface area (Å²) in [6, 6.07) is 14.7. The van der Waals surface area contributed by atoms with Crippen LogP contribution >= 0.6 is 11.6 Å². The summed E-state index contributed by atoms with van der Waals surface area (Å²) in [6.45, 7) is 1.87. The lowest BCUT2D eigenvalue weighted by atomic mass is 10.1. The van der Waals surface area contributed by atoms with Crippen LogP contribution in [0.4, 0.5) is 0 Å². The molecule has 0 spiro atoms. The number of carbonyl (C=O) groups is 1. The Hall–Kier alpha value is -1.80. The molecular formula is C15H13ClO2. The molecule has 18 heavy (non-hydrogen) atoms. The van der Waals surface area contributed by atoms with Crippen molar-refractivity contribution in [1.82, 2.24) is 0 Å². The van der Waals surface area contributed by atoms with E-state index in [1.807, 2.05) is 37.3 Å². The Kier molecular flexibility index (Phi) is 4.00. The van der Waals surface area contributed by atoms with Gasteiger partial charge < -0.3 is 4.74 Å². The van der Waals surface area contributed by atoms with Gasteiger partial charge >= 0.3 is 5.97 Å². The molecule has 0 fully saturated rings. The second-order valence-corrected chi connectivity index (χ2v) is 4.45. The van der Waals surface area contributed by atoms with Gasteiger partial charge in [0.05, 0.1) is 6.42 Å². The maximum atomic E-state index is 11.7. The molecule has 0 bridgehead atoms. The van der Waals surface area contributed by atoms with Crippen LogP contribution in [-0.2, 0) is 11.2 Å². The standard InChI is InChI=1S/C15H13ClO2/c1-11-9-13(7-8-14(11)16)18-15(17)10-12-5-3-2-4-6-12/h2-9H,10H2,1H3. The topological polar surface area (TPSA) is 26.3 Å². The Morgan fingerprint density at radius 2 is 1.89 bits per heavy atom. The number of hydrogen-bond acceptors (Lipinski definition) is 2. The maximum Gasteiger partial charge on any atom is 0.315 e. The number of halogens is 1. The van der Waals surface area contributed by atoms with Gasteiger partial charge in [0.25, 0.3) is 0 Å². The summed E-state index contributed by atoms with van der Waals surface area (Å²) < 4.78 is 5.26. The van der Waals surface area contributed by atoms with E-state index < -0.39 is 0 Å². The molecule has 2 aromatic carbocycles. The second-order valence-electron chi connectivity index (χ2n) is 4.05. The molecule has 0 amide bonds. The molecule has 0 atom stereocenters. The van der Waals surface area contributed by atoms with Gasteiger partial charge in [0.1, 0.15) is 5.75 Å². The molecule has 0 saturated carbocycles. The van der Waals surface area contributed by atoms with E-state index >= 15 is 0 Å². The van der Waals surface area contributed by atoms with Gasteiger partial charge in [-0.15, -0.1) is 0 Å². The van der Waals surface area contributed by atoms with Gasteiger partial charge in [0, 0.05) is 5.02 Å². The highest BCUT2D eigenvalue weighted by molar-refractivity contribution is 6.31. The van der Waals surface area contributed by atoms with Crippen LogP contribution in [0, 0.1) is 6.92 Å². The Morgan fingerprint density at radius 1 is 1.17 bits per heavy atom. The molecule has 2 aromatic rings. The van der Waals surface area contributed by atoms with Crippen molar-refractivity contribution < 1.29 is 9.53 Å². The number of rotatable bonds is 3. The van der Waals surface area contributed by atoms with Gasteiger partial charge in [-0.1, -0.05) is 41.9 Å². The number of carbonyl (C=O) groups excluding carboxylic acids is 1. The molecule has 0 aliphatic carbocycles. The molecule has 0 heterocycles. The average Bonchev–Trinajstić information content (AvgIpc) is 2.35. The lowest BCUT2D eigenvalue weighted by Crippen LogP contribution is -2.11. The summed E-state index contributed by atoms with van der Waals surface area (Å²) >= 11 is 5.91. The van der Waals surface area contributed by atoms with Gasteiger partial charge in [0.2, 0.25) is 0 Å². The Labute approximate surface area is 111 Å². The van der Waals surface area contributed by atoms with Crippen molar-refractivity contribution >= 4 is 17.6 Å². The first kappa shape index (κ1) is 12.7. The minimum Gasteiger partial charge on any atom is -0.426 e. The molecule has 92 valence electrons. The number of aryl methyl sites for hydroxylation is 1. The third-order valence-corrected chi connectivity index (χ3v) is 2.98. The van der Waals surface area contributed by atoms with Crippen LogP contribution in [0.5, 0.6) is 5.75 Å². The van der Waals surface area contributed by atoms with E-state index in [-0.39, 0.29) is 12.4 Å². The number of esters is 1. The van der Waals surface area contributed by atoms with Gasteiger partial charge in [-0.05, 0) is 36.2 Å². The zero-order chi connectivity index (χ0) is 13.0. The summed E-state index contributed by atoms with van der Waals surface area (Å²) in [7, 11) is 0. The first-order chi connectivity index (χ1) is 8.65. The van der Waals surface area contributed by atoms with Gasteiger partial charge in [0.15, 0.2) is 0 Å². The fourth-order valence-corrected chi connectivity index (χ4v) is 1.73. The molecule has 2 nitrogen and oxygen atoms in total. The predicted molar refractivity (Wildman–Crippen MR) is 72.0 cm³/mol. The third-order valence-electron chi connectivity index (χ3n) is 2.55. The maximum absolute atomic E-state index is 11.7. The van der Waals surface area contributed by atoms with Gasteiger partial charge in [-0.3, -0.25) is 4.79 Å². The highest BCUT2D eigenvalue weighted by Gasteiger charge is 2.07. The molecule has 3 heteroatoms. The minimum absolute atomic E-state index is 0.266. The molecule has 0 aliphatic heterocycles. The highest BCUT2D eigenvalue weighted by Crippen LogP contribution is 2.21. The molecule has 0 N–H and O–H groups in total. The van der Waals surface area contributed by atoms with E-state index in [2.05, 4.69) is 0 Å². The van der Waals surface area contributed by atoms with Crippen LogP contribution in [0.3, 0.4) is 0 Å². The summed E-state index contributed by atoms with van der Waals surface area (Å²) in [5, 5.41) is 0.665. The van der Waals surface area contributed by atoms with Crippen LogP contribution < -0.4 is 4.74 Å². The zero-order valence-electron chi connectivity index (χ0n) is 10.0. The highest BCUT2D eigenvalue weighted by atomic mass is 35.5. The number of hydrogen-bond donors (Lipinski definition) is 0. The molecule has 0 aliphatic rings. The van der Waals surface area contributed by atoms with E-state index in [1.165, 1.54) is 0 Å². The average molecular weight is 261 g/mol. The molecule has 0 saturated heterocycles. The molecule has 0 radical (unpaired) electrons. The first-order valence-electron chi connectivity index (χ1n) is 5.66. The SMILES string of the molecule is Cc1cc(OC(=O)Cc2ccccc2)ccc1Cl. The van der Waals surface area contributed by atoms with E-state index in [1.54, 1.807) is 18.2 Å². The predicted octanol–water partition coefficient (Wildman–Crippen LogP) is 3.80. The smallest absolute Gasteiger partial charge is 0.315 e. The fraction of sp³-hybridized carbons (Fsp3) is 0.133. The van der Waals surface area contributed by atoms with Crippen molar-refractivity contribution in [2.45, 2.75) is 13.3 Å². The normalized spacial score (nSPS) is 10.1. The molecule has 0 aromatic heterocycles. The lowest BCUT2D eigenvalue weighted by molar-refractivity contribution is -0.133. The fourth-order valence-electron chi connectivity index (χ4n) is 1.61. The van der Waals surface area contributed by atoms with E-state index in [9.17, 15) is 4.79 Å². The van der Waals surface area contributed by atoms with Crippen molar-refractivity contribution in [1.29, 1.82) is 0 Å². The minimum atomic E-state index is -0.275. The van der Waals surface area contributed by atoms with Crippen LogP contribution in [-0.4, -0.2) is 5.97 Å².